The SMILES string of the molecule is CCOc1ccc(NC(=O)CCCN2C(=O)/C(=C/c3cccc(OCc4ccccc4)c3)SC2=S)cc1. The predicted octanol–water partition coefficient (Wildman–Crippen LogP) is 6.28. The van der Waals surface area contributed by atoms with Gasteiger partial charge in [0.1, 0.15) is 22.4 Å². The van der Waals surface area contributed by atoms with Crippen LogP contribution in [0.5, 0.6) is 11.5 Å². The second-order valence-electron chi connectivity index (χ2n) is 8.29. The lowest BCUT2D eigenvalue weighted by atomic mass is 10.2. The molecule has 1 saturated heterocycles. The molecule has 6 nitrogen and oxygen atoms in total. The van der Waals surface area contributed by atoms with Gasteiger partial charge < -0.3 is 14.8 Å². The zero-order chi connectivity index (χ0) is 26.0. The third-order valence-electron chi connectivity index (χ3n) is 5.51. The van der Waals surface area contributed by atoms with Gasteiger partial charge in [0, 0.05) is 18.7 Å². The van der Waals surface area contributed by atoms with E-state index in [4.69, 9.17) is 21.7 Å². The number of nitrogens with one attached hydrogen (secondary N) is 1. The summed E-state index contributed by atoms with van der Waals surface area (Å²) < 4.78 is 11.8. The number of thiocarbonyl (C=S) groups is 1. The van der Waals surface area contributed by atoms with Crippen LogP contribution in [-0.4, -0.2) is 34.2 Å². The number of hydrogen-bond donors (Lipinski definition) is 1. The van der Waals surface area contributed by atoms with Crippen LogP contribution in [0.25, 0.3) is 6.08 Å². The molecule has 1 aliphatic rings. The first kappa shape index (κ1) is 26.4. The Morgan fingerprint density at radius 2 is 1.78 bits per heavy atom. The third-order valence-corrected chi connectivity index (χ3v) is 6.89. The van der Waals surface area contributed by atoms with Gasteiger partial charge in [0.25, 0.3) is 5.91 Å². The first-order valence-corrected chi connectivity index (χ1v) is 13.3. The molecule has 3 aromatic carbocycles. The van der Waals surface area contributed by atoms with Crippen LogP contribution < -0.4 is 14.8 Å². The Hall–Kier alpha value is -3.62. The standard InChI is InChI=1S/C29H28N2O4S2/c1-2-34-24-15-13-23(14-16-24)30-27(32)12-7-17-31-28(33)26(37-29(31)36)19-22-10-6-11-25(18-22)35-20-21-8-4-3-5-9-21/h3-6,8-11,13-16,18-19H,2,7,12,17,20H2,1H3,(H,30,32)/b26-19-. The van der Waals surface area contributed by atoms with Gasteiger partial charge in [0.2, 0.25) is 5.91 Å². The molecule has 0 unspecified atom stereocenters. The molecule has 190 valence electrons. The fourth-order valence-electron chi connectivity index (χ4n) is 3.70. The van der Waals surface area contributed by atoms with Crippen molar-refractivity contribution in [3.8, 4) is 11.5 Å². The van der Waals surface area contributed by atoms with E-state index in [-0.39, 0.29) is 18.2 Å². The molecule has 37 heavy (non-hydrogen) atoms. The molecule has 0 atom stereocenters. The van der Waals surface area contributed by atoms with Crippen LogP contribution in [0.3, 0.4) is 0 Å². The smallest absolute Gasteiger partial charge is 0.266 e. The van der Waals surface area contributed by atoms with Crippen molar-refractivity contribution in [2.45, 2.75) is 26.4 Å². The Morgan fingerprint density at radius 1 is 1.00 bits per heavy atom. The fraction of sp³-hybridized carbons (Fsp3) is 0.207. The fourth-order valence-corrected chi connectivity index (χ4v) is 5.01. The maximum atomic E-state index is 13.0. The van der Waals surface area contributed by atoms with Gasteiger partial charge in [0.05, 0.1) is 11.5 Å². The van der Waals surface area contributed by atoms with Gasteiger partial charge in [-0.2, -0.15) is 0 Å². The lowest BCUT2D eigenvalue weighted by Crippen LogP contribution is -2.29. The minimum atomic E-state index is -0.141. The largest absolute Gasteiger partial charge is 0.494 e. The van der Waals surface area contributed by atoms with Gasteiger partial charge in [-0.25, -0.2) is 0 Å². The molecule has 0 saturated carbocycles. The zero-order valence-electron chi connectivity index (χ0n) is 20.5. The molecule has 2 amide bonds. The Kier molecular flexibility index (Phi) is 9.35. The molecule has 1 fully saturated rings. The van der Waals surface area contributed by atoms with Crippen molar-refractivity contribution in [2.24, 2.45) is 0 Å². The number of thioether (sulfide) groups is 1. The lowest BCUT2D eigenvalue weighted by Gasteiger charge is -2.14. The molecule has 1 N–H and O–H groups in total. The maximum absolute atomic E-state index is 13.0. The van der Waals surface area contributed by atoms with E-state index in [0.29, 0.717) is 41.1 Å². The van der Waals surface area contributed by atoms with E-state index in [9.17, 15) is 9.59 Å². The van der Waals surface area contributed by atoms with E-state index < -0.39 is 0 Å². The normalized spacial score (nSPS) is 14.2. The highest BCUT2D eigenvalue weighted by atomic mass is 32.2. The van der Waals surface area contributed by atoms with E-state index in [2.05, 4.69) is 5.32 Å². The number of benzene rings is 3. The summed E-state index contributed by atoms with van der Waals surface area (Å²) in [6.07, 6.45) is 2.61. The average Bonchev–Trinajstić information content (AvgIpc) is 3.17. The van der Waals surface area contributed by atoms with E-state index in [1.54, 1.807) is 17.0 Å². The van der Waals surface area contributed by atoms with Gasteiger partial charge in [-0.15, -0.1) is 0 Å². The molecule has 0 aliphatic carbocycles. The number of rotatable bonds is 11. The number of hydrogen-bond acceptors (Lipinski definition) is 6. The summed E-state index contributed by atoms with van der Waals surface area (Å²) >= 11 is 6.72. The number of anilines is 1. The minimum absolute atomic E-state index is 0.113. The highest BCUT2D eigenvalue weighted by molar-refractivity contribution is 8.26. The Morgan fingerprint density at radius 3 is 2.54 bits per heavy atom. The highest BCUT2D eigenvalue weighted by Crippen LogP contribution is 2.33. The van der Waals surface area contributed by atoms with Crippen molar-refractivity contribution >= 4 is 51.9 Å². The van der Waals surface area contributed by atoms with Crippen molar-refractivity contribution in [3.63, 3.8) is 0 Å². The van der Waals surface area contributed by atoms with E-state index in [1.807, 2.05) is 79.7 Å². The van der Waals surface area contributed by atoms with Crippen LogP contribution in [0, 0.1) is 0 Å². The Bertz CT molecular complexity index is 1280. The van der Waals surface area contributed by atoms with Crippen molar-refractivity contribution in [2.75, 3.05) is 18.5 Å². The van der Waals surface area contributed by atoms with Crippen molar-refractivity contribution in [3.05, 3.63) is 94.9 Å². The lowest BCUT2D eigenvalue weighted by molar-refractivity contribution is -0.122. The second-order valence-corrected chi connectivity index (χ2v) is 9.96. The molecule has 0 aromatic heterocycles. The molecule has 4 rings (SSSR count). The summed E-state index contributed by atoms with van der Waals surface area (Å²) in [5, 5.41) is 2.87. The van der Waals surface area contributed by atoms with E-state index in [0.717, 1.165) is 22.6 Å². The topological polar surface area (TPSA) is 67.9 Å². The van der Waals surface area contributed by atoms with Gasteiger partial charge >= 0.3 is 0 Å². The number of nitrogens with zero attached hydrogens (tertiary/aromatic N) is 1. The molecular weight excluding hydrogens is 504 g/mol. The average molecular weight is 533 g/mol. The number of carbonyl (C=O) groups is 2. The van der Waals surface area contributed by atoms with Crippen LogP contribution in [0.2, 0.25) is 0 Å². The number of carbonyl (C=O) groups excluding carboxylic acids is 2. The molecule has 3 aromatic rings. The summed E-state index contributed by atoms with van der Waals surface area (Å²) in [5.41, 5.74) is 2.65. The molecule has 0 bridgehead atoms. The second kappa shape index (κ2) is 13.1. The van der Waals surface area contributed by atoms with Crippen LogP contribution in [-0.2, 0) is 16.2 Å². The highest BCUT2D eigenvalue weighted by Gasteiger charge is 2.31. The van der Waals surface area contributed by atoms with Crippen molar-refractivity contribution < 1.29 is 19.1 Å². The quantitative estimate of drug-likeness (QED) is 0.231. The van der Waals surface area contributed by atoms with Gasteiger partial charge in [-0.1, -0.05) is 66.4 Å². The molecule has 0 spiro atoms. The summed E-state index contributed by atoms with van der Waals surface area (Å²) in [5.74, 6) is 1.23. The first-order valence-electron chi connectivity index (χ1n) is 12.1. The molecule has 0 radical (unpaired) electrons. The Labute approximate surface area is 226 Å². The van der Waals surface area contributed by atoms with Crippen LogP contribution in [0.15, 0.2) is 83.8 Å². The minimum Gasteiger partial charge on any atom is -0.494 e. The molecule has 1 heterocycles. The van der Waals surface area contributed by atoms with Gasteiger partial charge in [-0.3, -0.25) is 14.5 Å². The Balaban J connectivity index is 1.28. The van der Waals surface area contributed by atoms with E-state index >= 15 is 0 Å². The van der Waals surface area contributed by atoms with Crippen LogP contribution in [0.1, 0.15) is 30.9 Å². The predicted molar refractivity (Wildman–Crippen MR) is 153 cm³/mol. The van der Waals surface area contributed by atoms with Gasteiger partial charge in [-0.05, 0) is 66.9 Å². The van der Waals surface area contributed by atoms with Gasteiger partial charge in [0.15, 0.2) is 0 Å². The molecular formula is C29H28N2O4S2. The summed E-state index contributed by atoms with van der Waals surface area (Å²) in [6, 6.07) is 24.8. The monoisotopic (exact) mass is 532 g/mol. The summed E-state index contributed by atoms with van der Waals surface area (Å²) in [7, 11) is 0. The van der Waals surface area contributed by atoms with Crippen molar-refractivity contribution in [1.29, 1.82) is 0 Å². The molecule has 8 heteroatoms. The number of amides is 2. The summed E-state index contributed by atoms with van der Waals surface area (Å²) in [6.45, 7) is 3.37. The van der Waals surface area contributed by atoms with E-state index in [1.165, 1.54) is 11.8 Å². The van der Waals surface area contributed by atoms with Crippen molar-refractivity contribution in [1.82, 2.24) is 4.90 Å². The molecule has 1 aliphatic heterocycles. The summed E-state index contributed by atoms with van der Waals surface area (Å²) in [4.78, 5) is 27.4. The first-order chi connectivity index (χ1) is 18.0. The maximum Gasteiger partial charge on any atom is 0.266 e. The number of ether oxygens (including phenoxy) is 2. The zero-order valence-corrected chi connectivity index (χ0v) is 22.1. The third kappa shape index (κ3) is 7.68. The van der Waals surface area contributed by atoms with Crippen LogP contribution >= 0.6 is 24.0 Å². The van der Waals surface area contributed by atoms with Crippen LogP contribution in [0.4, 0.5) is 5.69 Å².